The third-order valence-corrected chi connectivity index (χ3v) is 3.01. The Morgan fingerprint density at radius 2 is 2.18 bits per heavy atom. The van der Waals surface area contributed by atoms with Gasteiger partial charge in [0.2, 0.25) is 5.91 Å². The highest BCUT2D eigenvalue weighted by Crippen LogP contribution is 2.07. The van der Waals surface area contributed by atoms with Crippen LogP contribution in [0.2, 0.25) is 0 Å². The van der Waals surface area contributed by atoms with E-state index in [4.69, 9.17) is 10.00 Å². The maximum absolute atomic E-state index is 12.2. The summed E-state index contributed by atoms with van der Waals surface area (Å²) in [5, 5.41) is 8.77. The summed E-state index contributed by atoms with van der Waals surface area (Å²) in [5.41, 5.74) is 0. The van der Waals surface area contributed by atoms with Crippen molar-refractivity contribution in [3.05, 3.63) is 0 Å². The van der Waals surface area contributed by atoms with Crippen molar-refractivity contribution >= 4 is 5.91 Å². The van der Waals surface area contributed by atoms with Gasteiger partial charge in [-0.25, -0.2) is 0 Å². The van der Waals surface area contributed by atoms with E-state index in [1.165, 1.54) is 0 Å². The van der Waals surface area contributed by atoms with Crippen molar-refractivity contribution < 1.29 is 9.53 Å². The minimum atomic E-state index is -0.215. The van der Waals surface area contributed by atoms with Crippen molar-refractivity contribution in [1.82, 2.24) is 9.80 Å². The van der Waals surface area contributed by atoms with Gasteiger partial charge in [0, 0.05) is 13.1 Å². The van der Waals surface area contributed by atoms with Crippen molar-refractivity contribution in [1.29, 1.82) is 5.26 Å². The predicted octanol–water partition coefficient (Wildman–Crippen LogP) is 0.469. The quantitative estimate of drug-likeness (QED) is 0.654. The molecule has 1 aliphatic heterocycles. The van der Waals surface area contributed by atoms with Crippen molar-refractivity contribution in [2.45, 2.75) is 26.3 Å². The molecule has 0 radical (unpaired) electrons. The van der Waals surface area contributed by atoms with Crippen LogP contribution in [0.1, 0.15) is 20.3 Å². The van der Waals surface area contributed by atoms with Crippen LogP contribution in [0.4, 0.5) is 0 Å². The number of nitrogens with zero attached hydrogens (tertiary/aromatic N) is 3. The second kappa shape index (κ2) is 7.25. The van der Waals surface area contributed by atoms with Gasteiger partial charge in [-0.05, 0) is 19.9 Å². The van der Waals surface area contributed by atoms with Gasteiger partial charge in [0.05, 0.1) is 31.9 Å². The third kappa shape index (κ3) is 3.99. The normalized spacial score (nSPS) is 17.9. The average molecular weight is 239 g/mol. The van der Waals surface area contributed by atoms with Crippen LogP contribution in [0, 0.1) is 11.3 Å². The molecule has 1 atom stereocenters. The zero-order chi connectivity index (χ0) is 12.7. The van der Waals surface area contributed by atoms with Gasteiger partial charge in [-0.1, -0.05) is 6.92 Å². The van der Waals surface area contributed by atoms with Gasteiger partial charge in [0.15, 0.2) is 0 Å². The van der Waals surface area contributed by atoms with E-state index in [-0.39, 0.29) is 11.9 Å². The molecule has 0 aromatic carbocycles. The van der Waals surface area contributed by atoms with Crippen LogP contribution in [0.5, 0.6) is 0 Å². The summed E-state index contributed by atoms with van der Waals surface area (Å²) in [7, 11) is 0. The number of carbonyl (C=O) groups excluding carboxylic acids is 1. The van der Waals surface area contributed by atoms with Gasteiger partial charge in [-0.3, -0.25) is 9.69 Å². The fourth-order valence-corrected chi connectivity index (χ4v) is 1.99. The molecule has 5 heteroatoms. The first-order valence-corrected chi connectivity index (χ1v) is 6.18. The van der Waals surface area contributed by atoms with Gasteiger partial charge in [-0.15, -0.1) is 0 Å². The van der Waals surface area contributed by atoms with E-state index in [2.05, 4.69) is 13.0 Å². The lowest BCUT2D eigenvalue weighted by Crippen LogP contribution is -2.50. The van der Waals surface area contributed by atoms with Gasteiger partial charge in [0.1, 0.15) is 0 Å². The molecule has 0 spiro atoms. The second-order valence-electron chi connectivity index (χ2n) is 4.24. The molecule has 1 amide bonds. The van der Waals surface area contributed by atoms with Crippen molar-refractivity contribution in [3.63, 3.8) is 0 Å². The van der Waals surface area contributed by atoms with Crippen LogP contribution in [-0.2, 0) is 9.53 Å². The lowest BCUT2D eigenvalue weighted by atomic mass is 10.2. The van der Waals surface area contributed by atoms with E-state index < -0.39 is 0 Å². The predicted molar refractivity (Wildman–Crippen MR) is 64.3 cm³/mol. The molecule has 0 aromatic heterocycles. The standard InChI is InChI=1S/C12H21N3O2/c1-3-5-14(6-4-13)11(2)12(16)15-7-9-17-10-8-15/h11H,3,5-10H2,1-2H3. The molecule has 1 fully saturated rings. The number of rotatable bonds is 5. The zero-order valence-corrected chi connectivity index (χ0v) is 10.7. The molecule has 17 heavy (non-hydrogen) atoms. The molecule has 5 nitrogen and oxygen atoms in total. The molecule has 0 N–H and O–H groups in total. The van der Waals surface area contributed by atoms with Crippen LogP contribution < -0.4 is 0 Å². The Balaban J connectivity index is 2.55. The average Bonchev–Trinajstić information content (AvgIpc) is 2.38. The fraction of sp³-hybridized carbons (Fsp3) is 0.833. The Morgan fingerprint density at radius 3 is 2.71 bits per heavy atom. The summed E-state index contributed by atoms with van der Waals surface area (Å²) in [6, 6.07) is 1.91. The fourth-order valence-electron chi connectivity index (χ4n) is 1.99. The maximum atomic E-state index is 12.2. The van der Waals surface area contributed by atoms with Crippen molar-refractivity contribution in [2.75, 3.05) is 39.4 Å². The van der Waals surface area contributed by atoms with Gasteiger partial charge in [-0.2, -0.15) is 5.26 Å². The number of carbonyl (C=O) groups is 1. The van der Waals surface area contributed by atoms with E-state index in [0.29, 0.717) is 32.8 Å². The van der Waals surface area contributed by atoms with E-state index >= 15 is 0 Å². The highest BCUT2D eigenvalue weighted by molar-refractivity contribution is 5.81. The molecule has 0 bridgehead atoms. The minimum Gasteiger partial charge on any atom is -0.378 e. The number of hydrogen-bond acceptors (Lipinski definition) is 4. The first kappa shape index (κ1) is 13.9. The number of morpholine rings is 1. The monoisotopic (exact) mass is 239 g/mol. The first-order valence-electron chi connectivity index (χ1n) is 6.18. The summed E-state index contributed by atoms with van der Waals surface area (Å²) in [6.07, 6.45) is 0.947. The maximum Gasteiger partial charge on any atom is 0.239 e. The highest BCUT2D eigenvalue weighted by Gasteiger charge is 2.26. The van der Waals surface area contributed by atoms with Crippen LogP contribution in [0.15, 0.2) is 0 Å². The number of amides is 1. The van der Waals surface area contributed by atoms with Crippen molar-refractivity contribution in [3.8, 4) is 6.07 Å². The first-order chi connectivity index (χ1) is 8.20. The molecule has 1 rings (SSSR count). The molecule has 96 valence electrons. The van der Waals surface area contributed by atoms with Crippen LogP contribution in [0.3, 0.4) is 0 Å². The molecular formula is C12H21N3O2. The van der Waals surface area contributed by atoms with Crippen LogP contribution in [-0.4, -0.2) is 61.1 Å². The Kier molecular flexibility index (Phi) is 5.95. The van der Waals surface area contributed by atoms with E-state index in [9.17, 15) is 4.79 Å². The zero-order valence-electron chi connectivity index (χ0n) is 10.7. The summed E-state index contributed by atoms with van der Waals surface area (Å²) >= 11 is 0. The summed E-state index contributed by atoms with van der Waals surface area (Å²) in [4.78, 5) is 16.0. The topological polar surface area (TPSA) is 56.6 Å². The van der Waals surface area contributed by atoms with Crippen LogP contribution in [0.25, 0.3) is 0 Å². The molecule has 0 saturated carbocycles. The summed E-state index contributed by atoms with van der Waals surface area (Å²) in [6.45, 7) is 7.58. The van der Waals surface area contributed by atoms with E-state index in [1.54, 1.807) is 0 Å². The molecule has 1 unspecified atom stereocenters. The summed E-state index contributed by atoms with van der Waals surface area (Å²) in [5.74, 6) is 0.108. The lowest BCUT2D eigenvalue weighted by molar-refractivity contribution is -0.140. The second-order valence-corrected chi connectivity index (χ2v) is 4.24. The minimum absolute atomic E-state index is 0.108. The van der Waals surface area contributed by atoms with Gasteiger partial charge < -0.3 is 9.64 Å². The Morgan fingerprint density at radius 1 is 1.53 bits per heavy atom. The third-order valence-electron chi connectivity index (χ3n) is 3.01. The van der Waals surface area contributed by atoms with Crippen molar-refractivity contribution in [2.24, 2.45) is 0 Å². The molecule has 0 aromatic rings. The smallest absolute Gasteiger partial charge is 0.239 e. The molecule has 0 aliphatic carbocycles. The SMILES string of the molecule is CCCN(CC#N)C(C)C(=O)N1CCOCC1. The van der Waals surface area contributed by atoms with Gasteiger partial charge >= 0.3 is 0 Å². The molecular weight excluding hydrogens is 218 g/mol. The molecule has 1 aliphatic rings. The van der Waals surface area contributed by atoms with E-state index in [0.717, 1.165) is 13.0 Å². The number of hydrogen-bond donors (Lipinski definition) is 0. The number of nitriles is 1. The molecule has 1 heterocycles. The largest absolute Gasteiger partial charge is 0.378 e. The van der Waals surface area contributed by atoms with Gasteiger partial charge in [0.25, 0.3) is 0 Å². The lowest BCUT2D eigenvalue weighted by Gasteiger charge is -2.33. The number of ether oxygens (including phenoxy) is 1. The summed E-state index contributed by atoms with van der Waals surface area (Å²) < 4.78 is 5.23. The Hall–Kier alpha value is -1.12. The highest BCUT2D eigenvalue weighted by atomic mass is 16.5. The van der Waals surface area contributed by atoms with Crippen LogP contribution >= 0.6 is 0 Å². The Labute approximate surface area is 103 Å². The molecule has 1 saturated heterocycles. The Bertz CT molecular complexity index is 282. The van der Waals surface area contributed by atoms with E-state index in [1.807, 2.05) is 16.7 Å².